The zero-order valence-corrected chi connectivity index (χ0v) is 41.2. The van der Waals surface area contributed by atoms with Gasteiger partial charge in [0.25, 0.3) is 0 Å². The average Bonchev–Trinajstić information content (AvgIpc) is 3.75. The number of rotatable bonds is 26. The van der Waals surface area contributed by atoms with Crippen LogP contribution in [0.25, 0.3) is 0 Å². The number of carbonyl (C=O) groups excluding carboxylic acids is 6. The van der Waals surface area contributed by atoms with Gasteiger partial charge in [-0.15, -0.1) is 11.6 Å². The van der Waals surface area contributed by atoms with Gasteiger partial charge in [-0.05, 0) is 64.1 Å². The lowest BCUT2D eigenvalue weighted by molar-refractivity contribution is -0.148. The first-order chi connectivity index (χ1) is 31.6. The van der Waals surface area contributed by atoms with Crippen molar-refractivity contribution < 1.29 is 65.4 Å². The summed E-state index contributed by atoms with van der Waals surface area (Å²) in [7, 11) is -4.50. The minimum atomic E-state index is -3.77. The Morgan fingerprint density at radius 2 is 1.21 bits per heavy atom. The number of amides is 6. The Kier molecular flexibility index (Phi) is 20.9. The van der Waals surface area contributed by atoms with Gasteiger partial charge in [0.05, 0.1) is 28.8 Å². The Bertz CT molecular complexity index is 2350. The van der Waals surface area contributed by atoms with Crippen LogP contribution in [-0.2, 0) is 70.9 Å². The fraction of sp³-hybridized carbons (Fsp3) is 0.545. The van der Waals surface area contributed by atoms with E-state index in [1.165, 1.54) is 25.8 Å². The van der Waals surface area contributed by atoms with Gasteiger partial charge >= 0.3 is 11.9 Å². The van der Waals surface area contributed by atoms with Crippen LogP contribution in [0.2, 0.25) is 0 Å². The largest absolute Gasteiger partial charge is 0.481 e. The SMILES string of the molecule is CN[C@@H](Cc1ccccc1)C(=O)N[C@@H](CCS(C)(=O)=O)C(=O)N1CCC[C@H]1C(=O)N(C)[C@@H](Cc1ccccc1)C(=O)N[C@H](C(=O)N[C@@H](CCS(C)(=O)=O)C(=O)N[C@@H](CC(=O)O)C(=O)O)C(C)(C)Cl. The van der Waals surface area contributed by atoms with Crippen LogP contribution in [0.3, 0.4) is 0 Å². The highest BCUT2D eigenvalue weighted by atomic mass is 35.5. The predicted molar refractivity (Wildman–Crippen MR) is 251 cm³/mol. The van der Waals surface area contributed by atoms with Crippen molar-refractivity contribution >= 4 is 78.7 Å². The summed E-state index contributed by atoms with van der Waals surface area (Å²) in [5, 5.41) is 31.2. The van der Waals surface area contributed by atoms with Gasteiger partial charge < -0.3 is 46.6 Å². The summed E-state index contributed by atoms with van der Waals surface area (Å²) >= 11 is 6.68. The van der Waals surface area contributed by atoms with Crippen LogP contribution in [0.1, 0.15) is 57.1 Å². The van der Waals surface area contributed by atoms with Crippen molar-refractivity contribution in [3.8, 4) is 0 Å². The van der Waals surface area contributed by atoms with Gasteiger partial charge in [0.2, 0.25) is 35.4 Å². The number of carboxylic acid groups (broad SMARTS) is 2. The number of likely N-dealkylation sites (N-methyl/N-ethyl adjacent to an activating group) is 2. The predicted octanol–water partition coefficient (Wildman–Crippen LogP) is -0.737. The molecule has 0 unspecified atom stereocenters. The third-order valence-electron chi connectivity index (χ3n) is 11.2. The molecule has 1 aliphatic rings. The summed E-state index contributed by atoms with van der Waals surface area (Å²) < 4.78 is 48.8. The van der Waals surface area contributed by atoms with Gasteiger partial charge in [-0.2, -0.15) is 0 Å². The number of nitrogens with zero attached hydrogens (tertiary/aromatic N) is 2. The standard InChI is InChI=1S/C44H62ClN7O14S2/c1-44(2,45)36(40(58)47-29(19-22-67(5,63)64)37(55)49-32(43(61)62)26-35(53)54)50-39(57)34(25-28-16-11-8-12-17-28)51(4)42(60)33-18-13-21-52(33)41(59)30(20-23-68(6,65)66)48-38(56)31(46-3)24-27-14-9-7-10-15-27/h7-12,14-17,29-34,36,46H,13,18-26H2,1-6H3,(H,47,58)(H,48,56)(H,49,55)(H,50,57)(H,53,54)(H,61,62)/t29-,30-,31-,32-,33-,34-,36+/m0/s1. The first-order valence-electron chi connectivity index (χ1n) is 21.6. The summed E-state index contributed by atoms with van der Waals surface area (Å²) in [6.07, 6.45) is 0.509. The molecule has 7 N–H and O–H groups in total. The number of likely N-dealkylation sites (tertiary alicyclic amines) is 1. The Hall–Kier alpha value is -5.65. The van der Waals surface area contributed by atoms with E-state index in [0.29, 0.717) is 12.0 Å². The molecule has 3 rings (SSSR count). The molecular formula is C44H62ClN7O14S2. The molecule has 0 radical (unpaired) electrons. The molecule has 0 bridgehead atoms. The Morgan fingerprint density at radius 3 is 1.69 bits per heavy atom. The number of alkyl halides is 1. The highest BCUT2D eigenvalue weighted by molar-refractivity contribution is 7.90. The number of halogens is 1. The zero-order chi connectivity index (χ0) is 51.1. The van der Waals surface area contributed by atoms with Crippen molar-refractivity contribution in [1.29, 1.82) is 0 Å². The fourth-order valence-electron chi connectivity index (χ4n) is 7.45. The molecule has 1 heterocycles. The van der Waals surface area contributed by atoms with Crippen LogP contribution >= 0.6 is 11.6 Å². The van der Waals surface area contributed by atoms with E-state index >= 15 is 0 Å². The highest BCUT2D eigenvalue weighted by Crippen LogP contribution is 2.24. The summed E-state index contributed by atoms with van der Waals surface area (Å²) in [6.45, 7) is 2.75. The van der Waals surface area contributed by atoms with E-state index in [2.05, 4.69) is 21.3 Å². The van der Waals surface area contributed by atoms with Crippen LogP contribution in [0, 0.1) is 0 Å². The first-order valence-corrected chi connectivity index (χ1v) is 26.1. The van der Waals surface area contributed by atoms with E-state index < -0.39 is 139 Å². The third-order valence-corrected chi connectivity index (χ3v) is 13.4. The zero-order valence-electron chi connectivity index (χ0n) is 38.8. The number of nitrogens with one attached hydrogen (secondary N) is 5. The van der Waals surface area contributed by atoms with Gasteiger partial charge in [-0.1, -0.05) is 60.7 Å². The molecule has 7 atom stereocenters. The summed E-state index contributed by atoms with van der Waals surface area (Å²) in [5.74, 6) is -9.69. The van der Waals surface area contributed by atoms with E-state index in [1.54, 1.807) is 37.4 Å². The molecule has 376 valence electrons. The van der Waals surface area contributed by atoms with Crippen LogP contribution in [0.5, 0.6) is 0 Å². The van der Waals surface area contributed by atoms with Gasteiger partial charge in [0.1, 0.15) is 55.9 Å². The van der Waals surface area contributed by atoms with E-state index in [9.17, 15) is 60.3 Å². The molecule has 21 nitrogen and oxygen atoms in total. The second kappa shape index (κ2) is 25.1. The minimum absolute atomic E-state index is 0.0592. The van der Waals surface area contributed by atoms with Gasteiger partial charge in [-0.25, -0.2) is 21.6 Å². The van der Waals surface area contributed by atoms with Gasteiger partial charge in [-0.3, -0.25) is 33.6 Å². The van der Waals surface area contributed by atoms with Crippen LogP contribution in [0.15, 0.2) is 60.7 Å². The lowest BCUT2D eigenvalue weighted by atomic mass is 9.98. The molecule has 2 aromatic carbocycles. The number of hydrogen-bond donors (Lipinski definition) is 7. The number of hydrogen-bond acceptors (Lipinski definition) is 13. The highest BCUT2D eigenvalue weighted by Gasteiger charge is 2.44. The molecule has 1 aliphatic heterocycles. The number of sulfone groups is 2. The molecule has 0 spiro atoms. The third kappa shape index (κ3) is 18.1. The number of carboxylic acids is 2. The second-order valence-corrected chi connectivity index (χ2v) is 22.8. The molecule has 0 saturated carbocycles. The van der Waals surface area contributed by atoms with Crippen molar-refractivity contribution in [3.63, 3.8) is 0 Å². The van der Waals surface area contributed by atoms with Crippen molar-refractivity contribution in [2.75, 3.05) is 44.7 Å². The van der Waals surface area contributed by atoms with Crippen LogP contribution in [-0.4, -0.2) is 176 Å². The van der Waals surface area contributed by atoms with E-state index in [4.69, 9.17) is 16.7 Å². The Morgan fingerprint density at radius 1 is 0.721 bits per heavy atom. The van der Waals surface area contributed by atoms with Crippen LogP contribution in [0.4, 0.5) is 0 Å². The minimum Gasteiger partial charge on any atom is -0.481 e. The fourth-order valence-corrected chi connectivity index (χ4v) is 8.93. The molecule has 1 fully saturated rings. The Balaban J connectivity index is 1.95. The molecule has 24 heteroatoms. The van der Waals surface area contributed by atoms with E-state index in [0.717, 1.165) is 23.0 Å². The number of benzene rings is 2. The lowest BCUT2D eigenvalue weighted by Gasteiger charge is -2.36. The topological polar surface area (TPSA) is 312 Å². The molecule has 0 aliphatic carbocycles. The first kappa shape index (κ1) is 56.7. The maximum Gasteiger partial charge on any atom is 0.326 e. The number of carbonyl (C=O) groups is 8. The van der Waals surface area contributed by atoms with Crippen LogP contribution < -0.4 is 26.6 Å². The Labute approximate surface area is 401 Å². The van der Waals surface area contributed by atoms with Crippen molar-refractivity contribution in [3.05, 3.63) is 71.8 Å². The quantitative estimate of drug-likeness (QED) is 0.0572. The molecule has 0 aromatic heterocycles. The van der Waals surface area contributed by atoms with Crippen molar-refractivity contribution in [2.24, 2.45) is 0 Å². The van der Waals surface area contributed by atoms with Gasteiger partial charge in [0, 0.05) is 32.5 Å². The molecule has 6 amide bonds. The van der Waals surface area contributed by atoms with Gasteiger partial charge in [0.15, 0.2) is 0 Å². The van der Waals surface area contributed by atoms with Crippen molar-refractivity contribution in [1.82, 2.24) is 36.4 Å². The maximum absolute atomic E-state index is 14.6. The lowest BCUT2D eigenvalue weighted by Crippen LogP contribution is -2.63. The number of aliphatic carboxylic acids is 2. The normalized spacial score (nSPS) is 16.8. The van der Waals surface area contributed by atoms with Crippen molar-refractivity contribution in [2.45, 2.75) is 106 Å². The van der Waals surface area contributed by atoms with E-state index in [1.807, 2.05) is 35.6 Å². The average molecular weight is 1010 g/mol. The summed E-state index contributed by atoms with van der Waals surface area (Å²) in [6, 6.07) is 7.40. The maximum atomic E-state index is 14.6. The molecule has 2 aromatic rings. The molecular weight excluding hydrogens is 950 g/mol. The summed E-state index contributed by atoms with van der Waals surface area (Å²) in [5.41, 5.74) is 1.40. The molecule has 1 saturated heterocycles. The van der Waals surface area contributed by atoms with E-state index in [-0.39, 0.29) is 32.2 Å². The molecule has 68 heavy (non-hydrogen) atoms. The summed E-state index contributed by atoms with van der Waals surface area (Å²) in [4.78, 5) is 108. The smallest absolute Gasteiger partial charge is 0.326 e. The monoisotopic (exact) mass is 1010 g/mol. The second-order valence-electron chi connectivity index (χ2n) is 17.3.